The molecule has 1 amide bonds. The molecule has 24 heavy (non-hydrogen) atoms. The van der Waals surface area contributed by atoms with E-state index in [1.54, 1.807) is 11.9 Å². The van der Waals surface area contributed by atoms with Gasteiger partial charge in [-0.1, -0.05) is 12.1 Å². The average Bonchev–Trinajstić information content (AvgIpc) is 2.53. The molecule has 0 aromatic heterocycles. The van der Waals surface area contributed by atoms with Crippen LogP contribution in [0.25, 0.3) is 0 Å². The molecule has 0 bridgehead atoms. The minimum Gasteiger partial charge on any atom is -0.492 e. The first-order chi connectivity index (χ1) is 11.3. The maximum Gasteiger partial charge on any atom is 0.225 e. The summed E-state index contributed by atoms with van der Waals surface area (Å²) in [5.41, 5.74) is 1.13. The van der Waals surface area contributed by atoms with Gasteiger partial charge in [0.15, 0.2) is 0 Å². The molecule has 7 heteroatoms. The van der Waals surface area contributed by atoms with E-state index in [1.165, 1.54) is 10.6 Å². The van der Waals surface area contributed by atoms with Gasteiger partial charge in [0.1, 0.15) is 12.4 Å². The minimum atomic E-state index is -3.16. The zero-order valence-electron chi connectivity index (χ0n) is 14.6. The maximum atomic E-state index is 12.5. The van der Waals surface area contributed by atoms with Gasteiger partial charge in [-0.25, -0.2) is 12.7 Å². The van der Waals surface area contributed by atoms with Gasteiger partial charge in [-0.3, -0.25) is 4.79 Å². The van der Waals surface area contributed by atoms with Crippen LogP contribution in [0.3, 0.4) is 0 Å². The predicted molar refractivity (Wildman–Crippen MR) is 93.5 cm³/mol. The van der Waals surface area contributed by atoms with Crippen molar-refractivity contribution in [3.63, 3.8) is 0 Å². The number of nitrogens with zero attached hydrogens (tertiary/aromatic N) is 2. The number of aryl methyl sites for hydroxylation is 1. The second-order valence-electron chi connectivity index (χ2n) is 6.36. The van der Waals surface area contributed by atoms with Crippen molar-refractivity contribution in [2.75, 3.05) is 39.5 Å². The highest BCUT2D eigenvalue weighted by molar-refractivity contribution is 7.88. The third kappa shape index (κ3) is 5.21. The van der Waals surface area contributed by atoms with Crippen LogP contribution in [-0.4, -0.2) is 63.1 Å². The molecule has 1 aromatic carbocycles. The van der Waals surface area contributed by atoms with E-state index < -0.39 is 10.0 Å². The van der Waals surface area contributed by atoms with Gasteiger partial charge in [0, 0.05) is 26.1 Å². The highest BCUT2D eigenvalue weighted by atomic mass is 32.2. The Bertz CT molecular complexity index is 667. The van der Waals surface area contributed by atoms with Gasteiger partial charge >= 0.3 is 0 Å². The summed E-state index contributed by atoms with van der Waals surface area (Å²) in [5.74, 6) is 0.764. The van der Waals surface area contributed by atoms with Crippen molar-refractivity contribution >= 4 is 15.9 Å². The number of rotatable bonds is 6. The molecule has 0 aliphatic carbocycles. The highest BCUT2D eigenvalue weighted by Gasteiger charge is 2.30. The summed E-state index contributed by atoms with van der Waals surface area (Å²) in [6.45, 7) is 3.80. The smallest absolute Gasteiger partial charge is 0.225 e. The number of likely N-dealkylation sites (N-methyl/N-ethyl adjacent to an activating group) is 1. The fourth-order valence-electron chi connectivity index (χ4n) is 2.86. The Morgan fingerprint density at radius 3 is 2.58 bits per heavy atom. The van der Waals surface area contributed by atoms with Crippen molar-refractivity contribution in [1.82, 2.24) is 9.21 Å². The fraction of sp³-hybridized carbons (Fsp3) is 0.588. The van der Waals surface area contributed by atoms with Gasteiger partial charge in [-0.2, -0.15) is 0 Å². The lowest BCUT2D eigenvalue weighted by Gasteiger charge is -2.31. The fourth-order valence-corrected chi connectivity index (χ4v) is 3.74. The summed E-state index contributed by atoms with van der Waals surface area (Å²) in [6, 6.07) is 7.80. The normalized spacial score (nSPS) is 16.8. The van der Waals surface area contributed by atoms with Crippen LogP contribution in [0.15, 0.2) is 24.3 Å². The number of amides is 1. The van der Waals surface area contributed by atoms with E-state index in [-0.39, 0.29) is 11.8 Å². The van der Waals surface area contributed by atoms with Crippen LogP contribution in [0.4, 0.5) is 0 Å². The Morgan fingerprint density at radius 2 is 2.00 bits per heavy atom. The van der Waals surface area contributed by atoms with Gasteiger partial charge in [0.05, 0.1) is 12.8 Å². The third-order valence-corrected chi connectivity index (χ3v) is 5.64. The Balaban J connectivity index is 1.76. The van der Waals surface area contributed by atoms with E-state index in [4.69, 9.17) is 4.74 Å². The van der Waals surface area contributed by atoms with Gasteiger partial charge in [0.2, 0.25) is 15.9 Å². The lowest BCUT2D eigenvalue weighted by molar-refractivity contribution is -0.135. The van der Waals surface area contributed by atoms with Crippen molar-refractivity contribution in [2.45, 2.75) is 19.8 Å². The van der Waals surface area contributed by atoms with Gasteiger partial charge in [0.25, 0.3) is 0 Å². The largest absolute Gasteiger partial charge is 0.492 e. The number of benzene rings is 1. The van der Waals surface area contributed by atoms with Crippen LogP contribution < -0.4 is 4.74 Å². The van der Waals surface area contributed by atoms with E-state index in [0.29, 0.717) is 39.1 Å². The molecule has 0 atom stereocenters. The SMILES string of the molecule is Cc1cccc(OCCN(C)C(=O)C2CCN(S(C)(=O)=O)CC2)c1. The lowest BCUT2D eigenvalue weighted by atomic mass is 9.97. The van der Waals surface area contributed by atoms with Crippen LogP contribution >= 0.6 is 0 Å². The number of carbonyl (C=O) groups is 1. The first-order valence-electron chi connectivity index (χ1n) is 8.17. The summed E-state index contributed by atoms with van der Waals surface area (Å²) in [7, 11) is -1.39. The number of hydrogen-bond donors (Lipinski definition) is 0. The molecule has 0 spiro atoms. The molecule has 1 aromatic rings. The molecule has 2 rings (SSSR count). The molecule has 1 heterocycles. The van der Waals surface area contributed by atoms with Gasteiger partial charge < -0.3 is 9.64 Å². The summed E-state index contributed by atoms with van der Waals surface area (Å²) < 4.78 is 30.1. The Kier molecular flexibility index (Phi) is 6.23. The number of hydrogen-bond acceptors (Lipinski definition) is 4. The lowest BCUT2D eigenvalue weighted by Crippen LogP contribution is -2.43. The Labute approximate surface area is 144 Å². The average molecular weight is 354 g/mol. The molecular weight excluding hydrogens is 328 g/mol. The minimum absolute atomic E-state index is 0.0657. The van der Waals surface area contributed by atoms with Crippen molar-refractivity contribution < 1.29 is 17.9 Å². The first-order valence-corrected chi connectivity index (χ1v) is 10.0. The monoisotopic (exact) mass is 354 g/mol. The van der Waals surface area contributed by atoms with E-state index in [1.807, 2.05) is 31.2 Å². The summed E-state index contributed by atoms with van der Waals surface area (Å²) in [5, 5.41) is 0. The topological polar surface area (TPSA) is 66.9 Å². The molecule has 0 saturated carbocycles. The number of sulfonamides is 1. The molecule has 1 saturated heterocycles. The number of carbonyl (C=O) groups excluding carboxylic acids is 1. The Hall–Kier alpha value is -1.60. The molecule has 1 fully saturated rings. The van der Waals surface area contributed by atoms with Crippen LogP contribution in [0.1, 0.15) is 18.4 Å². The quantitative estimate of drug-likeness (QED) is 0.776. The van der Waals surface area contributed by atoms with Crippen molar-refractivity contribution in [3.05, 3.63) is 29.8 Å². The zero-order valence-corrected chi connectivity index (χ0v) is 15.4. The van der Waals surface area contributed by atoms with E-state index in [0.717, 1.165) is 11.3 Å². The molecule has 0 N–H and O–H groups in total. The highest BCUT2D eigenvalue weighted by Crippen LogP contribution is 2.21. The van der Waals surface area contributed by atoms with Crippen LogP contribution in [0.5, 0.6) is 5.75 Å². The molecule has 0 unspecified atom stereocenters. The van der Waals surface area contributed by atoms with Crippen molar-refractivity contribution in [3.8, 4) is 5.75 Å². The summed E-state index contributed by atoms with van der Waals surface area (Å²) in [4.78, 5) is 14.1. The second-order valence-corrected chi connectivity index (χ2v) is 8.34. The summed E-state index contributed by atoms with van der Waals surface area (Å²) in [6.07, 6.45) is 2.37. The van der Waals surface area contributed by atoms with Crippen LogP contribution in [0, 0.1) is 12.8 Å². The Morgan fingerprint density at radius 1 is 1.33 bits per heavy atom. The predicted octanol–water partition coefficient (Wildman–Crippen LogP) is 1.50. The standard InChI is InChI=1S/C17H26N2O4S/c1-14-5-4-6-16(13-14)23-12-11-18(2)17(20)15-7-9-19(10-8-15)24(3,21)22/h4-6,13,15H,7-12H2,1-3H3. The van der Waals surface area contributed by atoms with E-state index in [2.05, 4.69) is 0 Å². The second kappa shape index (κ2) is 7.98. The molecule has 1 aliphatic rings. The number of ether oxygens (including phenoxy) is 1. The molecular formula is C17H26N2O4S. The van der Waals surface area contributed by atoms with E-state index in [9.17, 15) is 13.2 Å². The zero-order chi connectivity index (χ0) is 17.7. The maximum absolute atomic E-state index is 12.5. The van der Waals surface area contributed by atoms with Gasteiger partial charge in [-0.15, -0.1) is 0 Å². The number of piperidine rings is 1. The summed E-state index contributed by atoms with van der Waals surface area (Å²) >= 11 is 0. The molecule has 0 radical (unpaired) electrons. The molecule has 6 nitrogen and oxygen atoms in total. The third-order valence-electron chi connectivity index (χ3n) is 4.33. The van der Waals surface area contributed by atoms with Crippen LogP contribution in [0.2, 0.25) is 0 Å². The van der Waals surface area contributed by atoms with Crippen molar-refractivity contribution in [1.29, 1.82) is 0 Å². The molecule has 1 aliphatic heterocycles. The first kappa shape index (κ1) is 18.7. The van der Waals surface area contributed by atoms with E-state index >= 15 is 0 Å². The van der Waals surface area contributed by atoms with Crippen LogP contribution in [-0.2, 0) is 14.8 Å². The molecule has 134 valence electrons. The van der Waals surface area contributed by atoms with Crippen molar-refractivity contribution in [2.24, 2.45) is 5.92 Å². The van der Waals surface area contributed by atoms with Gasteiger partial charge in [-0.05, 0) is 37.5 Å².